The summed E-state index contributed by atoms with van der Waals surface area (Å²) in [4.78, 5) is 1.77. The summed E-state index contributed by atoms with van der Waals surface area (Å²) in [6, 6.07) is 0. The standard InChI is InChI=1S/C18H33NO4/c1-5-19(11-6-12-20)16(21)15-13-22-18(23-15)9-7-14(8-10-18)17(2,3)4/h6,11,14-16,20-21H,5,7-10,12-13H2,1-4H3/b11-6+. The van der Waals surface area contributed by atoms with Crippen LogP contribution in [0, 0.1) is 11.3 Å². The fraction of sp³-hybridized carbons (Fsp3) is 0.889. The lowest BCUT2D eigenvalue weighted by atomic mass is 9.71. The molecule has 5 heteroatoms. The van der Waals surface area contributed by atoms with Crippen LogP contribution in [-0.2, 0) is 9.47 Å². The predicted octanol–water partition coefficient (Wildman–Crippen LogP) is 2.48. The Morgan fingerprint density at radius 3 is 2.48 bits per heavy atom. The first-order valence-corrected chi connectivity index (χ1v) is 8.84. The Morgan fingerprint density at radius 2 is 1.96 bits per heavy atom. The van der Waals surface area contributed by atoms with Crippen molar-refractivity contribution in [2.75, 3.05) is 19.8 Å². The van der Waals surface area contributed by atoms with E-state index in [1.807, 2.05) is 6.92 Å². The second kappa shape index (κ2) is 7.51. The predicted molar refractivity (Wildman–Crippen MR) is 89.6 cm³/mol. The van der Waals surface area contributed by atoms with Crippen molar-refractivity contribution in [3.63, 3.8) is 0 Å². The van der Waals surface area contributed by atoms with Crippen LogP contribution in [0.4, 0.5) is 0 Å². The lowest BCUT2D eigenvalue weighted by Crippen LogP contribution is -2.44. The number of likely N-dealkylation sites (N-methyl/N-ethyl adjacent to an activating group) is 1. The minimum absolute atomic E-state index is 0.0383. The molecule has 1 saturated heterocycles. The molecule has 23 heavy (non-hydrogen) atoms. The first kappa shape index (κ1) is 18.7. The minimum atomic E-state index is -0.748. The molecule has 0 aromatic heterocycles. The van der Waals surface area contributed by atoms with Gasteiger partial charge in [0.25, 0.3) is 0 Å². The Balaban J connectivity index is 1.92. The summed E-state index contributed by atoms with van der Waals surface area (Å²) in [6.07, 6.45) is 6.25. The van der Waals surface area contributed by atoms with Crippen LogP contribution in [0.3, 0.4) is 0 Å². The molecule has 2 unspecified atom stereocenters. The normalized spacial score (nSPS) is 33.5. The van der Waals surface area contributed by atoms with Crippen LogP contribution in [-0.4, -0.2) is 53.0 Å². The highest BCUT2D eigenvalue weighted by Gasteiger charge is 2.48. The average molecular weight is 327 g/mol. The molecule has 1 saturated carbocycles. The van der Waals surface area contributed by atoms with Gasteiger partial charge in [-0.2, -0.15) is 0 Å². The zero-order valence-corrected chi connectivity index (χ0v) is 15.0. The molecule has 0 bridgehead atoms. The molecule has 0 aromatic carbocycles. The molecule has 0 amide bonds. The van der Waals surface area contributed by atoms with Crippen molar-refractivity contribution in [2.24, 2.45) is 11.3 Å². The molecular weight excluding hydrogens is 294 g/mol. The molecule has 134 valence electrons. The van der Waals surface area contributed by atoms with Gasteiger partial charge in [-0.05, 0) is 43.4 Å². The lowest BCUT2D eigenvalue weighted by molar-refractivity contribution is -0.211. The minimum Gasteiger partial charge on any atom is -0.392 e. The van der Waals surface area contributed by atoms with E-state index in [1.165, 1.54) is 0 Å². The number of aliphatic hydroxyl groups excluding tert-OH is 2. The quantitative estimate of drug-likeness (QED) is 0.760. The van der Waals surface area contributed by atoms with Gasteiger partial charge in [-0.1, -0.05) is 20.8 Å². The van der Waals surface area contributed by atoms with Crippen molar-refractivity contribution in [3.8, 4) is 0 Å². The van der Waals surface area contributed by atoms with Gasteiger partial charge in [0.15, 0.2) is 12.0 Å². The summed E-state index contributed by atoms with van der Waals surface area (Å²) in [5, 5.41) is 19.4. The van der Waals surface area contributed by atoms with Gasteiger partial charge in [0.1, 0.15) is 6.10 Å². The van der Waals surface area contributed by atoms with Gasteiger partial charge in [0.2, 0.25) is 0 Å². The van der Waals surface area contributed by atoms with E-state index in [-0.39, 0.29) is 12.7 Å². The Morgan fingerprint density at radius 1 is 1.30 bits per heavy atom. The molecule has 2 aliphatic rings. The second-order valence-corrected chi connectivity index (χ2v) is 7.83. The van der Waals surface area contributed by atoms with Crippen LogP contribution in [0.25, 0.3) is 0 Å². The van der Waals surface area contributed by atoms with Gasteiger partial charge < -0.3 is 24.6 Å². The molecule has 2 atom stereocenters. The van der Waals surface area contributed by atoms with E-state index in [9.17, 15) is 5.11 Å². The number of hydrogen-bond acceptors (Lipinski definition) is 5. The number of nitrogens with zero attached hydrogens (tertiary/aromatic N) is 1. The van der Waals surface area contributed by atoms with Crippen LogP contribution in [0.15, 0.2) is 12.3 Å². The molecule has 1 heterocycles. The number of ether oxygens (including phenoxy) is 2. The van der Waals surface area contributed by atoms with Crippen molar-refractivity contribution in [1.29, 1.82) is 0 Å². The zero-order valence-electron chi connectivity index (χ0n) is 15.0. The molecule has 1 aliphatic heterocycles. The van der Waals surface area contributed by atoms with Gasteiger partial charge in [0.05, 0.1) is 13.2 Å². The second-order valence-electron chi connectivity index (χ2n) is 7.83. The van der Waals surface area contributed by atoms with Crippen LogP contribution >= 0.6 is 0 Å². The molecule has 2 rings (SSSR count). The van der Waals surface area contributed by atoms with Gasteiger partial charge in [-0.25, -0.2) is 0 Å². The van der Waals surface area contributed by atoms with Crippen molar-refractivity contribution < 1.29 is 19.7 Å². The third-order valence-corrected chi connectivity index (χ3v) is 5.29. The summed E-state index contributed by atoms with van der Waals surface area (Å²) in [5.74, 6) is 0.192. The lowest BCUT2D eigenvalue weighted by Gasteiger charge is -2.41. The van der Waals surface area contributed by atoms with Gasteiger partial charge in [-0.3, -0.25) is 0 Å². The summed E-state index contributed by atoms with van der Waals surface area (Å²) in [7, 11) is 0. The van der Waals surface area contributed by atoms with Crippen LogP contribution in [0.2, 0.25) is 0 Å². The summed E-state index contributed by atoms with van der Waals surface area (Å²) >= 11 is 0. The maximum absolute atomic E-state index is 10.5. The van der Waals surface area contributed by atoms with E-state index in [0.29, 0.717) is 24.5 Å². The molecule has 0 aromatic rings. The Labute approximate surface area is 140 Å². The zero-order chi connectivity index (χ0) is 17.1. The molecule has 1 aliphatic carbocycles. The molecular formula is C18H33NO4. The van der Waals surface area contributed by atoms with Gasteiger partial charge >= 0.3 is 0 Å². The summed E-state index contributed by atoms with van der Waals surface area (Å²) in [5.41, 5.74) is 0.327. The number of hydrogen-bond donors (Lipinski definition) is 2. The van der Waals surface area contributed by atoms with Gasteiger partial charge in [-0.15, -0.1) is 0 Å². The average Bonchev–Trinajstić information content (AvgIpc) is 2.91. The van der Waals surface area contributed by atoms with Crippen molar-refractivity contribution in [3.05, 3.63) is 12.3 Å². The highest BCUT2D eigenvalue weighted by molar-refractivity contribution is 4.92. The van der Waals surface area contributed by atoms with E-state index < -0.39 is 12.0 Å². The molecule has 1 spiro atoms. The molecule has 2 fully saturated rings. The Hall–Kier alpha value is -0.620. The molecule has 0 radical (unpaired) electrons. The number of aliphatic hydroxyl groups is 2. The first-order chi connectivity index (χ1) is 10.8. The SMILES string of the molecule is CCN(/C=C/CO)C(O)C1COC2(CCC(C(C)(C)C)CC2)O1. The maximum Gasteiger partial charge on any atom is 0.169 e. The van der Waals surface area contributed by atoms with E-state index in [1.54, 1.807) is 17.2 Å². The van der Waals surface area contributed by atoms with Crippen LogP contribution in [0.1, 0.15) is 53.4 Å². The number of rotatable bonds is 5. The highest BCUT2D eigenvalue weighted by atomic mass is 16.7. The van der Waals surface area contributed by atoms with E-state index in [0.717, 1.165) is 25.7 Å². The summed E-state index contributed by atoms with van der Waals surface area (Å²) < 4.78 is 12.2. The van der Waals surface area contributed by atoms with Crippen LogP contribution < -0.4 is 0 Å². The van der Waals surface area contributed by atoms with Crippen molar-refractivity contribution >= 4 is 0 Å². The third kappa shape index (κ3) is 4.47. The fourth-order valence-corrected chi connectivity index (χ4v) is 3.69. The van der Waals surface area contributed by atoms with Crippen molar-refractivity contribution in [1.82, 2.24) is 4.90 Å². The van der Waals surface area contributed by atoms with Crippen LogP contribution in [0.5, 0.6) is 0 Å². The molecule has 5 nitrogen and oxygen atoms in total. The third-order valence-electron chi connectivity index (χ3n) is 5.29. The maximum atomic E-state index is 10.5. The Bertz CT molecular complexity index is 396. The Kier molecular flexibility index (Phi) is 6.11. The van der Waals surface area contributed by atoms with E-state index >= 15 is 0 Å². The smallest absolute Gasteiger partial charge is 0.169 e. The monoisotopic (exact) mass is 327 g/mol. The summed E-state index contributed by atoms with van der Waals surface area (Å²) in [6.45, 7) is 9.89. The topological polar surface area (TPSA) is 62.2 Å². The first-order valence-electron chi connectivity index (χ1n) is 8.84. The fourth-order valence-electron chi connectivity index (χ4n) is 3.69. The largest absolute Gasteiger partial charge is 0.392 e. The van der Waals surface area contributed by atoms with Gasteiger partial charge in [0, 0.05) is 19.4 Å². The van der Waals surface area contributed by atoms with E-state index in [2.05, 4.69) is 20.8 Å². The van der Waals surface area contributed by atoms with Crippen molar-refractivity contribution in [2.45, 2.75) is 71.5 Å². The van der Waals surface area contributed by atoms with E-state index in [4.69, 9.17) is 14.6 Å². The molecule has 2 N–H and O–H groups in total. The highest BCUT2D eigenvalue weighted by Crippen LogP contribution is 2.45.